The summed E-state index contributed by atoms with van der Waals surface area (Å²) in [7, 11) is 0. The van der Waals surface area contributed by atoms with Gasteiger partial charge >= 0.3 is 0 Å². The molecule has 0 heterocycles. The van der Waals surface area contributed by atoms with E-state index in [0.717, 1.165) is 17.5 Å². The Morgan fingerprint density at radius 2 is 2.06 bits per heavy atom. The second kappa shape index (κ2) is 5.90. The number of alkyl halides is 1. The van der Waals surface area contributed by atoms with Crippen molar-refractivity contribution in [3.63, 3.8) is 0 Å². The van der Waals surface area contributed by atoms with E-state index in [-0.39, 0.29) is 5.91 Å². The molecule has 0 fully saturated rings. The minimum absolute atomic E-state index is 0.119. The molecule has 1 amide bonds. The van der Waals surface area contributed by atoms with E-state index >= 15 is 0 Å². The van der Waals surface area contributed by atoms with Gasteiger partial charge in [0.1, 0.15) is 5.38 Å². The van der Waals surface area contributed by atoms with Crippen molar-refractivity contribution in [1.82, 2.24) is 5.32 Å². The Balaban J connectivity index is 2.75. The Kier molecular flexibility index (Phi) is 4.81. The van der Waals surface area contributed by atoms with Crippen LogP contribution in [0, 0.1) is 13.8 Å². The number of benzene rings is 1. The zero-order chi connectivity index (χ0) is 12.1. The minimum atomic E-state index is -0.592. The van der Waals surface area contributed by atoms with Crippen LogP contribution in [0.15, 0.2) is 18.2 Å². The van der Waals surface area contributed by atoms with Crippen LogP contribution in [0.4, 0.5) is 0 Å². The lowest BCUT2D eigenvalue weighted by Crippen LogP contribution is -2.27. The molecule has 0 aliphatic carbocycles. The van der Waals surface area contributed by atoms with Gasteiger partial charge in [-0.2, -0.15) is 0 Å². The van der Waals surface area contributed by atoms with E-state index in [1.807, 2.05) is 39.0 Å². The van der Waals surface area contributed by atoms with Gasteiger partial charge in [-0.1, -0.05) is 25.1 Å². The smallest absolute Gasteiger partial charge is 0.242 e. The molecule has 1 aromatic rings. The molecule has 0 spiro atoms. The van der Waals surface area contributed by atoms with Crippen LogP contribution in [-0.2, 0) is 4.79 Å². The van der Waals surface area contributed by atoms with Gasteiger partial charge in [0.2, 0.25) is 5.91 Å². The highest BCUT2D eigenvalue weighted by molar-refractivity contribution is 6.30. The number of carbonyl (C=O) groups excluding carboxylic acids is 1. The second-order valence-corrected chi connectivity index (χ2v) is 4.43. The van der Waals surface area contributed by atoms with E-state index in [1.165, 1.54) is 5.56 Å². The summed E-state index contributed by atoms with van der Waals surface area (Å²) < 4.78 is 0. The van der Waals surface area contributed by atoms with Gasteiger partial charge in [-0.25, -0.2) is 0 Å². The first-order valence-electron chi connectivity index (χ1n) is 5.55. The molecular weight excluding hydrogens is 222 g/mol. The predicted octanol–water partition coefficient (Wildman–Crippen LogP) is 3.11. The molecule has 2 nitrogen and oxygen atoms in total. The molecule has 1 unspecified atom stereocenters. The van der Waals surface area contributed by atoms with E-state index in [4.69, 9.17) is 11.6 Å². The maximum absolute atomic E-state index is 11.7. The van der Waals surface area contributed by atoms with Crippen molar-refractivity contribution < 1.29 is 4.79 Å². The summed E-state index contributed by atoms with van der Waals surface area (Å²) in [5.74, 6) is -0.119. The molecule has 3 heteroatoms. The van der Waals surface area contributed by atoms with Crippen molar-refractivity contribution in [1.29, 1.82) is 0 Å². The summed E-state index contributed by atoms with van der Waals surface area (Å²) in [5.41, 5.74) is 3.23. The van der Waals surface area contributed by atoms with Crippen LogP contribution in [0.3, 0.4) is 0 Å². The third-order valence-corrected chi connectivity index (χ3v) is 3.05. The second-order valence-electron chi connectivity index (χ2n) is 4.00. The molecule has 0 saturated carbocycles. The lowest BCUT2D eigenvalue weighted by molar-refractivity contribution is -0.120. The lowest BCUT2D eigenvalue weighted by Gasteiger charge is -2.11. The Bertz CT molecular complexity index is 376. The monoisotopic (exact) mass is 239 g/mol. The number of aryl methyl sites for hydroxylation is 2. The minimum Gasteiger partial charge on any atom is -0.355 e. The van der Waals surface area contributed by atoms with Crippen molar-refractivity contribution in [2.75, 3.05) is 6.54 Å². The molecule has 0 aromatic heterocycles. The molecule has 0 aliphatic heterocycles. The highest BCUT2D eigenvalue weighted by Gasteiger charge is 2.17. The first kappa shape index (κ1) is 13.0. The Hall–Kier alpha value is -1.02. The molecule has 0 radical (unpaired) electrons. The number of rotatable bonds is 4. The van der Waals surface area contributed by atoms with E-state index in [1.54, 1.807) is 0 Å². The van der Waals surface area contributed by atoms with Crippen molar-refractivity contribution in [3.05, 3.63) is 34.9 Å². The zero-order valence-electron chi connectivity index (χ0n) is 10.0. The Labute approximate surface area is 102 Å². The van der Waals surface area contributed by atoms with Gasteiger partial charge < -0.3 is 5.32 Å². The average Bonchev–Trinajstić information content (AvgIpc) is 2.28. The number of hydrogen-bond acceptors (Lipinski definition) is 1. The van der Waals surface area contributed by atoms with Crippen molar-refractivity contribution in [2.24, 2.45) is 0 Å². The normalized spacial score (nSPS) is 12.2. The molecule has 1 atom stereocenters. The molecule has 0 aliphatic rings. The van der Waals surface area contributed by atoms with E-state index in [9.17, 15) is 4.79 Å². The van der Waals surface area contributed by atoms with Crippen LogP contribution in [0.25, 0.3) is 0 Å². The maximum Gasteiger partial charge on any atom is 0.242 e. The Morgan fingerprint density at radius 1 is 1.38 bits per heavy atom. The molecule has 88 valence electrons. The van der Waals surface area contributed by atoms with Crippen LogP contribution in [0.1, 0.15) is 35.4 Å². The standard InChI is InChI=1S/C13H18ClNO/c1-4-7-15-13(16)12(14)11-6-5-9(2)10(3)8-11/h5-6,8,12H,4,7H2,1-3H3,(H,15,16). The highest BCUT2D eigenvalue weighted by atomic mass is 35.5. The third-order valence-electron chi connectivity index (χ3n) is 2.60. The van der Waals surface area contributed by atoms with Crippen LogP contribution < -0.4 is 5.32 Å². The van der Waals surface area contributed by atoms with Gasteiger partial charge in [-0.3, -0.25) is 4.79 Å². The fourth-order valence-corrected chi connectivity index (χ4v) is 1.62. The molecule has 16 heavy (non-hydrogen) atoms. The van der Waals surface area contributed by atoms with Crippen molar-refractivity contribution >= 4 is 17.5 Å². The first-order chi connectivity index (χ1) is 7.56. The quantitative estimate of drug-likeness (QED) is 0.804. The summed E-state index contributed by atoms with van der Waals surface area (Å²) >= 11 is 6.10. The molecule has 1 N–H and O–H groups in total. The van der Waals surface area contributed by atoms with E-state index in [0.29, 0.717) is 6.54 Å². The van der Waals surface area contributed by atoms with Crippen molar-refractivity contribution in [3.8, 4) is 0 Å². The van der Waals surface area contributed by atoms with Gasteiger partial charge in [0, 0.05) is 6.54 Å². The summed E-state index contributed by atoms with van der Waals surface area (Å²) in [6.45, 7) is 6.75. The van der Waals surface area contributed by atoms with Gasteiger partial charge in [0.15, 0.2) is 0 Å². The zero-order valence-corrected chi connectivity index (χ0v) is 10.8. The number of nitrogens with one attached hydrogen (secondary N) is 1. The first-order valence-corrected chi connectivity index (χ1v) is 5.98. The number of amides is 1. The van der Waals surface area contributed by atoms with Gasteiger partial charge in [-0.05, 0) is 37.0 Å². The highest BCUT2D eigenvalue weighted by Crippen LogP contribution is 2.22. The molecular formula is C13H18ClNO. The summed E-state index contributed by atoms with van der Waals surface area (Å²) in [5, 5.41) is 2.20. The fourth-order valence-electron chi connectivity index (χ4n) is 1.41. The molecule has 1 rings (SSSR count). The maximum atomic E-state index is 11.7. The van der Waals surface area contributed by atoms with Gasteiger partial charge in [0.05, 0.1) is 0 Å². The van der Waals surface area contributed by atoms with E-state index in [2.05, 4.69) is 5.32 Å². The largest absolute Gasteiger partial charge is 0.355 e. The predicted molar refractivity (Wildman–Crippen MR) is 67.8 cm³/mol. The lowest BCUT2D eigenvalue weighted by atomic mass is 10.0. The third kappa shape index (κ3) is 3.24. The van der Waals surface area contributed by atoms with Crippen LogP contribution in [-0.4, -0.2) is 12.5 Å². The van der Waals surface area contributed by atoms with Crippen molar-refractivity contribution in [2.45, 2.75) is 32.6 Å². The van der Waals surface area contributed by atoms with Crippen LogP contribution in [0.5, 0.6) is 0 Å². The topological polar surface area (TPSA) is 29.1 Å². The fraction of sp³-hybridized carbons (Fsp3) is 0.462. The summed E-state index contributed by atoms with van der Waals surface area (Å²) in [6, 6.07) is 5.87. The number of carbonyl (C=O) groups is 1. The summed E-state index contributed by atoms with van der Waals surface area (Å²) in [6.07, 6.45) is 0.919. The average molecular weight is 240 g/mol. The Morgan fingerprint density at radius 3 is 2.62 bits per heavy atom. The van der Waals surface area contributed by atoms with Crippen LogP contribution >= 0.6 is 11.6 Å². The SMILES string of the molecule is CCCNC(=O)C(Cl)c1ccc(C)c(C)c1. The van der Waals surface area contributed by atoms with Gasteiger partial charge in [0.25, 0.3) is 0 Å². The molecule has 0 saturated heterocycles. The van der Waals surface area contributed by atoms with E-state index < -0.39 is 5.38 Å². The number of hydrogen-bond donors (Lipinski definition) is 1. The molecule has 1 aromatic carbocycles. The van der Waals surface area contributed by atoms with Gasteiger partial charge in [-0.15, -0.1) is 11.6 Å². The van der Waals surface area contributed by atoms with Crippen LogP contribution in [0.2, 0.25) is 0 Å². The number of halogens is 1. The molecule has 0 bridgehead atoms. The summed E-state index contributed by atoms with van der Waals surface area (Å²) in [4.78, 5) is 11.7.